The fraction of sp³-hybridized carbons (Fsp3) is 0.308. The highest BCUT2D eigenvalue weighted by Gasteiger charge is 1.98. The Bertz CT molecular complexity index is 362. The summed E-state index contributed by atoms with van der Waals surface area (Å²) < 4.78 is 0. The summed E-state index contributed by atoms with van der Waals surface area (Å²) in [6.07, 6.45) is 2.95. The second-order valence-corrected chi connectivity index (χ2v) is 3.82. The van der Waals surface area contributed by atoms with E-state index in [9.17, 15) is 0 Å². The van der Waals surface area contributed by atoms with Gasteiger partial charge in [0.2, 0.25) is 0 Å². The van der Waals surface area contributed by atoms with Gasteiger partial charge in [0.15, 0.2) is 0 Å². The Morgan fingerprint density at radius 1 is 1.20 bits per heavy atom. The zero-order valence-corrected chi connectivity index (χ0v) is 10.3. The van der Waals surface area contributed by atoms with Gasteiger partial charge in [-0.2, -0.15) is 0 Å². The number of thiophene rings is 1. The molecule has 0 saturated carbocycles. The highest BCUT2D eigenvalue weighted by molar-refractivity contribution is 7.13. The van der Waals surface area contributed by atoms with Crippen LogP contribution in [0.5, 0.6) is 0 Å². The quantitative estimate of drug-likeness (QED) is 0.729. The van der Waals surface area contributed by atoms with Crippen molar-refractivity contribution in [3.63, 3.8) is 0 Å². The smallest absolute Gasteiger partial charge is 0.0401 e. The van der Waals surface area contributed by atoms with Crippen LogP contribution in [-0.4, -0.2) is 4.98 Å². The molecular formula is C13H17NS. The van der Waals surface area contributed by atoms with E-state index in [-0.39, 0.29) is 0 Å². The van der Waals surface area contributed by atoms with Gasteiger partial charge >= 0.3 is 0 Å². The maximum atomic E-state index is 4.36. The van der Waals surface area contributed by atoms with Gasteiger partial charge in [-0.3, -0.25) is 4.98 Å². The van der Waals surface area contributed by atoms with Crippen LogP contribution in [0.3, 0.4) is 0 Å². The summed E-state index contributed by atoms with van der Waals surface area (Å²) >= 11 is 1.75. The lowest BCUT2D eigenvalue weighted by Crippen LogP contribution is -1.85. The van der Waals surface area contributed by atoms with Crippen LogP contribution in [0.15, 0.2) is 35.8 Å². The molecular weight excluding hydrogens is 202 g/mol. The largest absolute Gasteiger partial charge is 0.261 e. The molecule has 2 heteroatoms. The van der Waals surface area contributed by atoms with Gasteiger partial charge in [-0.1, -0.05) is 32.9 Å². The lowest BCUT2D eigenvalue weighted by atomic mass is 10.2. The fourth-order valence-corrected chi connectivity index (χ4v) is 1.94. The molecule has 0 aliphatic rings. The fourth-order valence-electron chi connectivity index (χ4n) is 1.22. The summed E-state index contributed by atoms with van der Waals surface area (Å²) in [5.41, 5.74) is 2.37. The van der Waals surface area contributed by atoms with Gasteiger partial charge in [-0.15, -0.1) is 11.3 Å². The third-order valence-electron chi connectivity index (χ3n) is 1.99. The van der Waals surface area contributed by atoms with E-state index in [1.165, 1.54) is 10.4 Å². The average Bonchev–Trinajstić information content (AvgIpc) is 2.85. The van der Waals surface area contributed by atoms with E-state index in [2.05, 4.69) is 41.6 Å². The van der Waals surface area contributed by atoms with E-state index in [4.69, 9.17) is 0 Å². The van der Waals surface area contributed by atoms with E-state index in [1.807, 2.05) is 20.0 Å². The number of hydrogen-bond donors (Lipinski definition) is 0. The number of nitrogens with zero attached hydrogens (tertiary/aromatic N) is 1. The van der Waals surface area contributed by atoms with Crippen molar-refractivity contribution in [3.05, 3.63) is 41.5 Å². The standard InChI is InChI=1S/C11H11NS.C2H6/c1-2-10-6-5-9(8-12-10)11-4-3-7-13-11;1-2/h3-8H,2H2,1H3;1-2H3. The molecule has 0 bridgehead atoms. The minimum Gasteiger partial charge on any atom is -0.261 e. The minimum atomic E-state index is 1.00. The topological polar surface area (TPSA) is 12.9 Å². The van der Waals surface area contributed by atoms with Crippen LogP contribution in [0, 0.1) is 0 Å². The van der Waals surface area contributed by atoms with E-state index in [0.29, 0.717) is 0 Å². The van der Waals surface area contributed by atoms with Gasteiger partial charge in [0.1, 0.15) is 0 Å². The maximum Gasteiger partial charge on any atom is 0.0401 e. The molecule has 0 radical (unpaired) electrons. The van der Waals surface area contributed by atoms with E-state index in [0.717, 1.165) is 12.1 Å². The summed E-state index contributed by atoms with van der Waals surface area (Å²) in [4.78, 5) is 5.65. The van der Waals surface area contributed by atoms with Crippen LogP contribution in [0.25, 0.3) is 10.4 Å². The molecule has 0 aliphatic heterocycles. The first-order valence-corrected chi connectivity index (χ1v) is 6.27. The summed E-state index contributed by atoms with van der Waals surface area (Å²) in [7, 11) is 0. The molecule has 1 nitrogen and oxygen atoms in total. The molecule has 0 unspecified atom stereocenters. The minimum absolute atomic E-state index is 1.00. The first-order valence-electron chi connectivity index (χ1n) is 5.39. The van der Waals surface area contributed by atoms with Crippen LogP contribution < -0.4 is 0 Å². The Hall–Kier alpha value is -1.15. The highest BCUT2D eigenvalue weighted by atomic mass is 32.1. The van der Waals surface area contributed by atoms with Crippen molar-refractivity contribution in [3.8, 4) is 10.4 Å². The van der Waals surface area contributed by atoms with Gasteiger partial charge in [-0.05, 0) is 23.9 Å². The molecule has 80 valence electrons. The Morgan fingerprint density at radius 3 is 2.47 bits per heavy atom. The molecule has 2 rings (SSSR count). The van der Waals surface area contributed by atoms with E-state index >= 15 is 0 Å². The Balaban J connectivity index is 0.000000531. The molecule has 0 spiro atoms. The van der Waals surface area contributed by atoms with Crippen LogP contribution in [0.1, 0.15) is 26.5 Å². The van der Waals surface area contributed by atoms with Gasteiger partial charge in [0, 0.05) is 22.3 Å². The third kappa shape index (κ3) is 3.17. The molecule has 15 heavy (non-hydrogen) atoms. The highest BCUT2D eigenvalue weighted by Crippen LogP contribution is 2.23. The molecule has 0 N–H and O–H groups in total. The number of hydrogen-bond acceptors (Lipinski definition) is 2. The van der Waals surface area contributed by atoms with Gasteiger partial charge in [0.25, 0.3) is 0 Å². The Labute approximate surface area is 95.8 Å². The van der Waals surface area contributed by atoms with Crippen molar-refractivity contribution in [2.24, 2.45) is 0 Å². The van der Waals surface area contributed by atoms with E-state index < -0.39 is 0 Å². The monoisotopic (exact) mass is 219 g/mol. The maximum absolute atomic E-state index is 4.36. The van der Waals surface area contributed by atoms with Crippen LogP contribution in [0.4, 0.5) is 0 Å². The SMILES string of the molecule is CC.CCc1ccc(-c2cccs2)cn1. The average molecular weight is 219 g/mol. The normalized spacial score (nSPS) is 9.27. The van der Waals surface area contributed by atoms with Crippen molar-refractivity contribution in [1.82, 2.24) is 4.98 Å². The summed E-state index contributed by atoms with van der Waals surface area (Å²) in [5.74, 6) is 0. The molecule has 2 heterocycles. The van der Waals surface area contributed by atoms with Gasteiger partial charge < -0.3 is 0 Å². The molecule has 0 fully saturated rings. The molecule has 0 atom stereocenters. The number of aromatic nitrogens is 1. The molecule has 0 aromatic carbocycles. The van der Waals surface area contributed by atoms with Crippen LogP contribution in [0.2, 0.25) is 0 Å². The molecule has 2 aromatic heterocycles. The third-order valence-corrected chi connectivity index (χ3v) is 2.91. The zero-order valence-electron chi connectivity index (χ0n) is 9.53. The van der Waals surface area contributed by atoms with Crippen LogP contribution >= 0.6 is 11.3 Å². The summed E-state index contributed by atoms with van der Waals surface area (Å²) in [6.45, 7) is 6.12. The van der Waals surface area contributed by atoms with E-state index in [1.54, 1.807) is 11.3 Å². The predicted octanol–water partition coefficient (Wildman–Crippen LogP) is 4.40. The number of rotatable bonds is 2. The molecule has 0 aliphatic carbocycles. The van der Waals surface area contributed by atoms with Gasteiger partial charge in [0.05, 0.1) is 0 Å². The lowest BCUT2D eigenvalue weighted by molar-refractivity contribution is 1.04. The van der Waals surface area contributed by atoms with Crippen molar-refractivity contribution in [1.29, 1.82) is 0 Å². The first-order chi connectivity index (χ1) is 7.40. The van der Waals surface area contributed by atoms with Crippen LogP contribution in [-0.2, 0) is 6.42 Å². The molecule has 0 amide bonds. The van der Waals surface area contributed by atoms with Crippen molar-refractivity contribution in [2.45, 2.75) is 27.2 Å². The van der Waals surface area contributed by atoms with Gasteiger partial charge in [-0.25, -0.2) is 0 Å². The van der Waals surface area contributed by atoms with Crippen molar-refractivity contribution in [2.75, 3.05) is 0 Å². The van der Waals surface area contributed by atoms with Crippen molar-refractivity contribution >= 4 is 11.3 Å². The number of aryl methyl sites for hydroxylation is 1. The molecule has 2 aromatic rings. The number of pyridine rings is 1. The predicted molar refractivity (Wildman–Crippen MR) is 68.3 cm³/mol. The second kappa shape index (κ2) is 6.36. The lowest BCUT2D eigenvalue weighted by Gasteiger charge is -1.98. The summed E-state index contributed by atoms with van der Waals surface area (Å²) in [6, 6.07) is 8.41. The second-order valence-electron chi connectivity index (χ2n) is 2.87. The first kappa shape index (κ1) is 11.9. The summed E-state index contributed by atoms with van der Waals surface area (Å²) in [5, 5.41) is 2.09. The Kier molecular flexibility index (Phi) is 5.05. The van der Waals surface area contributed by atoms with Crippen molar-refractivity contribution < 1.29 is 0 Å². The zero-order chi connectivity index (χ0) is 11.1. The molecule has 0 saturated heterocycles. The Morgan fingerprint density at radius 2 is 2.00 bits per heavy atom.